The molecule has 3 nitrogen and oxygen atoms in total. The summed E-state index contributed by atoms with van der Waals surface area (Å²) in [7, 11) is 1.21. The van der Waals surface area contributed by atoms with Gasteiger partial charge in [-0.25, -0.2) is 4.98 Å². The standard InChI is InChI=1S/C6H4F3IN2O/c1-13-5-11-2-3(10)4(12-5)6(7,8)9/h2H,1H3. The van der Waals surface area contributed by atoms with Crippen molar-refractivity contribution >= 4 is 22.6 Å². The molecule has 1 aromatic heterocycles. The van der Waals surface area contributed by atoms with Crippen molar-refractivity contribution in [2.75, 3.05) is 7.11 Å². The normalized spacial score (nSPS) is 11.5. The third-order valence-corrected chi connectivity index (χ3v) is 1.96. The average Bonchev–Trinajstić information content (AvgIpc) is 2.03. The van der Waals surface area contributed by atoms with Gasteiger partial charge in [-0.3, -0.25) is 0 Å². The predicted molar refractivity (Wildman–Crippen MR) is 46.3 cm³/mol. The molecule has 0 saturated heterocycles. The Balaban J connectivity index is 3.19. The Labute approximate surface area is 85.5 Å². The first-order chi connectivity index (χ1) is 5.95. The number of hydrogen-bond acceptors (Lipinski definition) is 3. The second-order valence-corrected chi connectivity index (χ2v) is 3.21. The van der Waals surface area contributed by atoms with E-state index in [1.54, 1.807) is 0 Å². The van der Waals surface area contributed by atoms with Crippen LogP contribution in [0.5, 0.6) is 6.01 Å². The Morgan fingerprint density at radius 1 is 1.46 bits per heavy atom. The van der Waals surface area contributed by atoms with E-state index in [-0.39, 0.29) is 9.58 Å². The fourth-order valence-corrected chi connectivity index (χ4v) is 1.21. The van der Waals surface area contributed by atoms with Crippen LogP contribution in [-0.4, -0.2) is 17.1 Å². The van der Waals surface area contributed by atoms with Crippen molar-refractivity contribution in [3.05, 3.63) is 15.5 Å². The molecule has 0 fully saturated rings. The molecule has 0 aliphatic rings. The smallest absolute Gasteiger partial charge is 0.434 e. The molecule has 13 heavy (non-hydrogen) atoms. The lowest BCUT2D eigenvalue weighted by molar-refractivity contribution is -0.142. The van der Waals surface area contributed by atoms with Crippen LogP contribution in [0.4, 0.5) is 13.2 Å². The van der Waals surface area contributed by atoms with Gasteiger partial charge in [-0.2, -0.15) is 18.2 Å². The summed E-state index contributed by atoms with van der Waals surface area (Å²) in [5.41, 5.74) is -0.972. The van der Waals surface area contributed by atoms with Crippen LogP contribution in [0.2, 0.25) is 0 Å². The van der Waals surface area contributed by atoms with Gasteiger partial charge in [0.15, 0.2) is 5.69 Å². The summed E-state index contributed by atoms with van der Waals surface area (Å²) in [6.07, 6.45) is -3.40. The minimum atomic E-state index is -4.47. The number of hydrogen-bond donors (Lipinski definition) is 0. The van der Waals surface area contributed by atoms with Crippen molar-refractivity contribution in [3.8, 4) is 6.01 Å². The summed E-state index contributed by atoms with van der Waals surface area (Å²) in [4.78, 5) is 6.73. The average molecular weight is 304 g/mol. The summed E-state index contributed by atoms with van der Waals surface area (Å²) >= 11 is 1.52. The topological polar surface area (TPSA) is 35.0 Å². The van der Waals surface area contributed by atoms with Gasteiger partial charge in [-0.1, -0.05) is 0 Å². The molecule has 0 spiro atoms. The van der Waals surface area contributed by atoms with Crippen LogP contribution in [0.3, 0.4) is 0 Å². The van der Waals surface area contributed by atoms with Gasteiger partial charge in [-0.05, 0) is 22.6 Å². The highest BCUT2D eigenvalue weighted by molar-refractivity contribution is 14.1. The van der Waals surface area contributed by atoms with E-state index in [0.717, 1.165) is 6.20 Å². The maximum Gasteiger partial charge on any atom is 0.434 e. The molecule has 0 N–H and O–H groups in total. The Morgan fingerprint density at radius 2 is 2.08 bits per heavy atom. The third-order valence-electron chi connectivity index (χ3n) is 1.17. The summed E-state index contributed by atoms with van der Waals surface area (Å²) in [5.74, 6) is 0. The number of alkyl halides is 3. The number of methoxy groups -OCH3 is 1. The molecule has 0 saturated carbocycles. The van der Waals surface area contributed by atoms with E-state index in [1.165, 1.54) is 29.7 Å². The maximum absolute atomic E-state index is 12.2. The van der Waals surface area contributed by atoms with Crippen molar-refractivity contribution in [2.45, 2.75) is 6.18 Å². The summed E-state index contributed by atoms with van der Waals surface area (Å²) in [6, 6.07) is -0.284. The summed E-state index contributed by atoms with van der Waals surface area (Å²) in [6.45, 7) is 0. The minimum absolute atomic E-state index is 0.0501. The molecule has 1 aromatic rings. The fraction of sp³-hybridized carbons (Fsp3) is 0.333. The Kier molecular flexibility index (Phi) is 2.94. The van der Waals surface area contributed by atoms with Gasteiger partial charge in [-0.15, -0.1) is 0 Å². The number of rotatable bonds is 1. The summed E-state index contributed by atoms with van der Waals surface area (Å²) in [5, 5.41) is 0. The molecule has 72 valence electrons. The lowest BCUT2D eigenvalue weighted by Gasteiger charge is -2.07. The van der Waals surface area contributed by atoms with E-state index < -0.39 is 11.9 Å². The van der Waals surface area contributed by atoms with Gasteiger partial charge < -0.3 is 4.74 Å². The molecule has 0 amide bonds. The second kappa shape index (κ2) is 3.64. The number of aromatic nitrogens is 2. The maximum atomic E-state index is 12.2. The molecule has 7 heteroatoms. The van der Waals surface area contributed by atoms with Gasteiger partial charge >= 0.3 is 12.2 Å². The fourth-order valence-electron chi connectivity index (χ4n) is 0.648. The molecule has 0 aliphatic heterocycles. The SMILES string of the molecule is COc1ncc(I)c(C(F)(F)F)n1. The van der Waals surface area contributed by atoms with Gasteiger partial charge in [0.25, 0.3) is 0 Å². The number of ether oxygens (including phenoxy) is 1. The Morgan fingerprint density at radius 3 is 2.54 bits per heavy atom. The first-order valence-corrected chi connectivity index (χ1v) is 4.16. The first kappa shape index (κ1) is 10.5. The van der Waals surface area contributed by atoms with Gasteiger partial charge in [0, 0.05) is 6.20 Å². The largest absolute Gasteiger partial charge is 0.467 e. The van der Waals surface area contributed by atoms with Crippen molar-refractivity contribution in [1.29, 1.82) is 0 Å². The predicted octanol–water partition coefficient (Wildman–Crippen LogP) is 2.11. The van der Waals surface area contributed by atoms with Gasteiger partial charge in [0.2, 0.25) is 0 Å². The number of halogens is 4. The van der Waals surface area contributed by atoms with E-state index in [1.807, 2.05) is 0 Å². The van der Waals surface area contributed by atoms with Gasteiger partial charge in [0.1, 0.15) is 0 Å². The van der Waals surface area contributed by atoms with Crippen LogP contribution >= 0.6 is 22.6 Å². The molecule has 0 aliphatic carbocycles. The molecule has 0 radical (unpaired) electrons. The lowest BCUT2D eigenvalue weighted by atomic mass is 10.4. The van der Waals surface area contributed by atoms with Crippen molar-refractivity contribution < 1.29 is 17.9 Å². The second-order valence-electron chi connectivity index (χ2n) is 2.05. The van der Waals surface area contributed by atoms with Crippen LogP contribution in [0.15, 0.2) is 6.20 Å². The van der Waals surface area contributed by atoms with Crippen LogP contribution in [-0.2, 0) is 6.18 Å². The molecular formula is C6H4F3IN2O. The Bertz CT molecular complexity index is 315. The zero-order valence-electron chi connectivity index (χ0n) is 6.39. The summed E-state index contributed by atoms with van der Waals surface area (Å²) < 4.78 is 41.1. The third kappa shape index (κ3) is 2.42. The quantitative estimate of drug-likeness (QED) is 0.745. The highest BCUT2D eigenvalue weighted by Gasteiger charge is 2.35. The molecule has 1 heterocycles. The molecule has 1 rings (SSSR count). The molecule has 0 atom stereocenters. The first-order valence-electron chi connectivity index (χ1n) is 3.09. The minimum Gasteiger partial charge on any atom is -0.467 e. The van der Waals surface area contributed by atoms with E-state index in [2.05, 4.69) is 14.7 Å². The Hall–Kier alpha value is -0.600. The van der Waals surface area contributed by atoms with Crippen LogP contribution in [0, 0.1) is 3.57 Å². The van der Waals surface area contributed by atoms with Gasteiger partial charge in [0.05, 0.1) is 10.7 Å². The lowest BCUT2D eigenvalue weighted by Crippen LogP contribution is -2.11. The van der Waals surface area contributed by atoms with Crippen molar-refractivity contribution in [3.63, 3.8) is 0 Å². The monoisotopic (exact) mass is 304 g/mol. The van der Waals surface area contributed by atoms with Crippen LogP contribution < -0.4 is 4.74 Å². The van der Waals surface area contributed by atoms with Crippen LogP contribution in [0.25, 0.3) is 0 Å². The zero-order chi connectivity index (χ0) is 10.1. The van der Waals surface area contributed by atoms with Crippen LogP contribution in [0.1, 0.15) is 5.69 Å². The van der Waals surface area contributed by atoms with E-state index >= 15 is 0 Å². The molecular weight excluding hydrogens is 300 g/mol. The van der Waals surface area contributed by atoms with E-state index in [0.29, 0.717) is 0 Å². The zero-order valence-corrected chi connectivity index (χ0v) is 8.55. The highest BCUT2D eigenvalue weighted by Crippen LogP contribution is 2.31. The molecule has 0 aromatic carbocycles. The molecule has 0 bridgehead atoms. The van der Waals surface area contributed by atoms with Crippen molar-refractivity contribution in [2.24, 2.45) is 0 Å². The number of nitrogens with zero attached hydrogens (tertiary/aromatic N) is 2. The van der Waals surface area contributed by atoms with E-state index in [4.69, 9.17) is 0 Å². The molecule has 0 unspecified atom stereocenters. The van der Waals surface area contributed by atoms with Crippen molar-refractivity contribution in [1.82, 2.24) is 9.97 Å². The van der Waals surface area contributed by atoms with E-state index in [9.17, 15) is 13.2 Å². The highest BCUT2D eigenvalue weighted by atomic mass is 127.